The average Bonchev–Trinajstić information content (AvgIpc) is 2.69. The van der Waals surface area contributed by atoms with Gasteiger partial charge in [0.2, 0.25) is 5.91 Å². The average molecular weight is 370 g/mol. The van der Waals surface area contributed by atoms with Crippen molar-refractivity contribution in [2.45, 2.75) is 26.7 Å². The van der Waals surface area contributed by atoms with Crippen molar-refractivity contribution in [1.29, 1.82) is 10.5 Å². The number of ketones is 1. The van der Waals surface area contributed by atoms with Crippen LogP contribution in [0.5, 0.6) is 0 Å². The van der Waals surface area contributed by atoms with Crippen molar-refractivity contribution in [3.8, 4) is 12.3 Å². The lowest BCUT2D eigenvalue weighted by Gasteiger charge is -2.16. The highest BCUT2D eigenvalue weighted by molar-refractivity contribution is 6.00. The molecule has 1 N–H and O–H groups in total. The van der Waals surface area contributed by atoms with Gasteiger partial charge in [-0.2, -0.15) is 10.5 Å². The molecule has 0 unspecified atom stereocenters. The maximum absolute atomic E-state index is 13.4. The van der Waals surface area contributed by atoms with Crippen LogP contribution in [0.4, 0.5) is 4.39 Å². The van der Waals surface area contributed by atoms with Crippen molar-refractivity contribution >= 4 is 23.7 Å². The lowest BCUT2D eigenvalue weighted by atomic mass is 10.0. The second-order valence-corrected chi connectivity index (χ2v) is 5.51. The molecule has 1 rings (SSSR count). The second-order valence-electron chi connectivity index (χ2n) is 5.51. The van der Waals surface area contributed by atoms with Gasteiger partial charge in [-0.05, 0) is 23.8 Å². The summed E-state index contributed by atoms with van der Waals surface area (Å²) in [5.41, 5.74) is 0.377. The van der Waals surface area contributed by atoms with Crippen molar-refractivity contribution in [1.82, 2.24) is 10.2 Å². The summed E-state index contributed by atoms with van der Waals surface area (Å²) in [5, 5.41) is 20.5. The predicted octanol–water partition coefficient (Wildman–Crippen LogP) is 1.90. The molecule has 0 spiro atoms. The van der Waals surface area contributed by atoms with Gasteiger partial charge in [-0.3, -0.25) is 14.4 Å². The van der Waals surface area contributed by atoms with E-state index in [1.807, 2.05) is 0 Å². The Labute approximate surface area is 156 Å². The standard InChI is InChI=1S/C19H19FN4O3/c1-3-17(25)15(8-13-5-6-16(20)14(7-13)9-21)11-24(12-22)19(27)10-23-18(26)4-2/h5-8H,3-4,10-11H2,1-2H3,(H,23,26)/b15-8+. The molecule has 1 aromatic rings. The minimum absolute atomic E-state index is 0.137. The van der Waals surface area contributed by atoms with Crippen molar-refractivity contribution in [3.63, 3.8) is 0 Å². The molecule has 0 atom stereocenters. The number of carbonyl (C=O) groups is 3. The van der Waals surface area contributed by atoms with E-state index in [0.717, 1.165) is 11.0 Å². The van der Waals surface area contributed by atoms with Gasteiger partial charge >= 0.3 is 0 Å². The second kappa shape index (κ2) is 10.5. The molecule has 8 heteroatoms. The monoisotopic (exact) mass is 370 g/mol. The predicted molar refractivity (Wildman–Crippen MR) is 95.0 cm³/mol. The number of Topliss-reactive ketones (excluding diaryl/α,β-unsaturated/α-hetero) is 1. The maximum atomic E-state index is 13.4. The van der Waals surface area contributed by atoms with Crippen LogP contribution in [0.3, 0.4) is 0 Å². The maximum Gasteiger partial charge on any atom is 0.255 e. The largest absolute Gasteiger partial charge is 0.347 e. The number of nitriles is 2. The van der Waals surface area contributed by atoms with Crippen LogP contribution in [0.1, 0.15) is 37.8 Å². The van der Waals surface area contributed by atoms with E-state index in [9.17, 15) is 24.0 Å². The minimum atomic E-state index is -0.682. The molecule has 0 aromatic heterocycles. The number of halogens is 1. The van der Waals surface area contributed by atoms with Crippen LogP contribution >= 0.6 is 0 Å². The lowest BCUT2D eigenvalue weighted by Crippen LogP contribution is -2.39. The number of rotatable bonds is 8. The van der Waals surface area contributed by atoms with E-state index in [-0.39, 0.29) is 48.8 Å². The normalized spacial score (nSPS) is 10.5. The van der Waals surface area contributed by atoms with Crippen LogP contribution in [-0.4, -0.2) is 35.6 Å². The highest BCUT2D eigenvalue weighted by Gasteiger charge is 2.19. The van der Waals surface area contributed by atoms with Crippen LogP contribution in [0, 0.1) is 28.6 Å². The third kappa shape index (κ3) is 6.37. The van der Waals surface area contributed by atoms with Crippen LogP contribution in [0.15, 0.2) is 23.8 Å². The van der Waals surface area contributed by atoms with E-state index in [0.29, 0.717) is 5.56 Å². The summed E-state index contributed by atoms with van der Waals surface area (Å²) in [5.74, 6) is -1.98. The molecule has 0 aliphatic carbocycles. The van der Waals surface area contributed by atoms with Gasteiger partial charge in [0.1, 0.15) is 11.9 Å². The molecule has 0 saturated heterocycles. The first-order chi connectivity index (χ1) is 12.9. The van der Waals surface area contributed by atoms with E-state index in [4.69, 9.17) is 5.26 Å². The Balaban J connectivity index is 3.08. The van der Waals surface area contributed by atoms with Gasteiger partial charge in [-0.25, -0.2) is 9.29 Å². The Hall–Kier alpha value is -3.52. The zero-order valence-corrected chi connectivity index (χ0v) is 15.1. The fraction of sp³-hybridized carbons (Fsp3) is 0.316. The van der Waals surface area contributed by atoms with Gasteiger partial charge in [0.05, 0.1) is 18.7 Å². The molecule has 27 heavy (non-hydrogen) atoms. The molecule has 0 aliphatic heterocycles. The Morgan fingerprint density at radius 1 is 1.22 bits per heavy atom. The number of benzene rings is 1. The highest BCUT2D eigenvalue weighted by atomic mass is 19.1. The Morgan fingerprint density at radius 3 is 2.48 bits per heavy atom. The van der Waals surface area contributed by atoms with Gasteiger partial charge in [0.25, 0.3) is 5.91 Å². The van der Waals surface area contributed by atoms with Crippen LogP contribution < -0.4 is 5.32 Å². The van der Waals surface area contributed by atoms with Crippen molar-refractivity contribution < 1.29 is 18.8 Å². The molecular weight excluding hydrogens is 351 g/mol. The number of amides is 2. The Kier molecular flexibility index (Phi) is 8.34. The van der Waals surface area contributed by atoms with Gasteiger partial charge in [-0.15, -0.1) is 0 Å². The van der Waals surface area contributed by atoms with E-state index in [1.54, 1.807) is 26.1 Å². The summed E-state index contributed by atoms with van der Waals surface area (Å²) in [4.78, 5) is 36.3. The summed E-state index contributed by atoms with van der Waals surface area (Å²) in [6.07, 6.45) is 3.45. The summed E-state index contributed by atoms with van der Waals surface area (Å²) in [7, 11) is 0. The molecule has 140 valence electrons. The topological polar surface area (TPSA) is 114 Å². The highest BCUT2D eigenvalue weighted by Crippen LogP contribution is 2.15. The lowest BCUT2D eigenvalue weighted by molar-refractivity contribution is -0.130. The van der Waals surface area contributed by atoms with Crippen LogP contribution in [0.25, 0.3) is 6.08 Å². The zero-order valence-electron chi connectivity index (χ0n) is 15.1. The molecule has 0 aliphatic rings. The zero-order chi connectivity index (χ0) is 20.4. The summed E-state index contributed by atoms with van der Waals surface area (Å²) in [6.45, 7) is 2.61. The number of hydrogen-bond acceptors (Lipinski definition) is 5. The minimum Gasteiger partial charge on any atom is -0.347 e. The Morgan fingerprint density at radius 2 is 1.93 bits per heavy atom. The fourth-order valence-corrected chi connectivity index (χ4v) is 2.11. The summed E-state index contributed by atoms with van der Waals surface area (Å²) in [6, 6.07) is 5.48. The number of nitrogens with one attached hydrogen (secondary N) is 1. The molecule has 2 amide bonds. The van der Waals surface area contributed by atoms with Crippen LogP contribution in [0.2, 0.25) is 0 Å². The molecule has 0 saturated carbocycles. The van der Waals surface area contributed by atoms with E-state index in [2.05, 4.69) is 5.32 Å². The smallest absolute Gasteiger partial charge is 0.255 e. The molecule has 7 nitrogen and oxygen atoms in total. The molecule has 0 heterocycles. The molecule has 0 radical (unpaired) electrons. The molecule has 0 fully saturated rings. The van der Waals surface area contributed by atoms with E-state index >= 15 is 0 Å². The first kappa shape index (κ1) is 21.5. The number of carbonyl (C=O) groups excluding carboxylic acids is 3. The molecule has 1 aromatic carbocycles. The first-order valence-electron chi connectivity index (χ1n) is 8.26. The summed E-state index contributed by atoms with van der Waals surface area (Å²) < 4.78 is 13.4. The van der Waals surface area contributed by atoms with E-state index < -0.39 is 11.7 Å². The SMILES string of the molecule is CCC(=O)NCC(=O)N(C#N)C/C(=C\c1ccc(F)c(C#N)c1)C(=O)CC. The Bertz CT molecular complexity index is 849. The quantitative estimate of drug-likeness (QED) is 0.426. The molecule has 0 bridgehead atoms. The fourth-order valence-electron chi connectivity index (χ4n) is 2.11. The van der Waals surface area contributed by atoms with Gasteiger partial charge in [0.15, 0.2) is 12.0 Å². The van der Waals surface area contributed by atoms with Gasteiger partial charge in [-0.1, -0.05) is 19.9 Å². The van der Waals surface area contributed by atoms with Gasteiger partial charge < -0.3 is 5.32 Å². The van der Waals surface area contributed by atoms with E-state index in [1.165, 1.54) is 18.2 Å². The molecular formula is C19H19FN4O3. The van der Waals surface area contributed by atoms with Gasteiger partial charge in [0, 0.05) is 18.4 Å². The van der Waals surface area contributed by atoms with Crippen molar-refractivity contribution in [2.24, 2.45) is 0 Å². The number of hydrogen-bond donors (Lipinski definition) is 1. The third-order valence-corrected chi connectivity index (χ3v) is 3.64. The first-order valence-corrected chi connectivity index (χ1v) is 8.26. The van der Waals surface area contributed by atoms with Crippen LogP contribution in [-0.2, 0) is 14.4 Å². The third-order valence-electron chi connectivity index (χ3n) is 3.64. The summed E-state index contributed by atoms with van der Waals surface area (Å²) >= 11 is 0. The van der Waals surface area contributed by atoms with Crippen molar-refractivity contribution in [2.75, 3.05) is 13.1 Å². The van der Waals surface area contributed by atoms with Crippen molar-refractivity contribution in [3.05, 3.63) is 40.7 Å². The number of nitrogens with zero attached hydrogens (tertiary/aromatic N) is 3.